The molecule has 0 heterocycles. The van der Waals surface area contributed by atoms with Gasteiger partial charge < -0.3 is 5.32 Å². The van der Waals surface area contributed by atoms with Crippen molar-refractivity contribution < 1.29 is 0 Å². The first-order valence-electron chi connectivity index (χ1n) is 6.98. The molecule has 0 spiro atoms. The van der Waals surface area contributed by atoms with E-state index in [0.717, 1.165) is 6.54 Å². The Morgan fingerprint density at radius 2 is 1.37 bits per heavy atom. The van der Waals surface area contributed by atoms with E-state index in [9.17, 15) is 0 Å². The molecule has 0 aliphatic carbocycles. The van der Waals surface area contributed by atoms with Crippen LogP contribution in [0.3, 0.4) is 0 Å². The minimum absolute atomic E-state index is 0.282. The van der Waals surface area contributed by atoms with Crippen molar-refractivity contribution >= 4 is 0 Å². The summed E-state index contributed by atoms with van der Waals surface area (Å²) in [5.41, 5.74) is 6.63. The first-order valence-corrected chi connectivity index (χ1v) is 6.98. The second kappa shape index (κ2) is 6.03. The lowest BCUT2D eigenvalue weighted by molar-refractivity contribution is 0.630. The van der Waals surface area contributed by atoms with Crippen LogP contribution in [0.1, 0.15) is 40.8 Å². The van der Waals surface area contributed by atoms with E-state index in [-0.39, 0.29) is 6.04 Å². The lowest BCUT2D eigenvalue weighted by atomic mass is 9.95. The molecule has 1 atom stereocenters. The maximum absolute atomic E-state index is 3.59. The molecule has 0 aliphatic heterocycles. The minimum Gasteiger partial charge on any atom is -0.307 e. The van der Waals surface area contributed by atoms with Crippen molar-refractivity contribution in [2.75, 3.05) is 6.54 Å². The largest absolute Gasteiger partial charge is 0.307 e. The Balaban J connectivity index is 2.41. The Morgan fingerprint density at radius 1 is 0.789 bits per heavy atom. The minimum atomic E-state index is 0.282. The molecule has 2 aromatic carbocycles. The summed E-state index contributed by atoms with van der Waals surface area (Å²) in [7, 11) is 0. The summed E-state index contributed by atoms with van der Waals surface area (Å²) in [6.45, 7) is 9.57. The van der Waals surface area contributed by atoms with E-state index in [4.69, 9.17) is 0 Å². The third-order valence-electron chi connectivity index (χ3n) is 3.40. The monoisotopic (exact) mass is 253 g/mol. The molecule has 2 rings (SSSR count). The standard InChI is InChI=1S/C18H23N/c1-5-19-18(16-8-6-13(2)7-9-16)17-11-14(3)10-15(4)12-17/h6-12,18-19H,5H2,1-4H3. The predicted octanol–water partition coefficient (Wildman–Crippen LogP) is 4.31. The summed E-state index contributed by atoms with van der Waals surface area (Å²) in [5.74, 6) is 0. The quantitative estimate of drug-likeness (QED) is 0.856. The van der Waals surface area contributed by atoms with Gasteiger partial charge in [0.25, 0.3) is 0 Å². The summed E-state index contributed by atoms with van der Waals surface area (Å²) in [6.07, 6.45) is 0. The van der Waals surface area contributed by atoms with Crippen LogP contribution < -0.4 is 5.32 Å². The Morgan fingerprint density at radius 3 is 1.89 bits per heavy atom. The topological polar surface area (TPSA) is 12.0 Å². The fourth-order valence-electron chi connectivity index (χ4n) is 2.57. The predicted molar refractivity (Wildman–Crippen MR) is 82.6 cm³/mol. The van der Waals surface area contributed by atoms with Gasteiger partial charge >= 0.3 is 0 Å². The molecular formula is C18H23N. The molecule has 100 valence electrons. The highest BCUT2D eigenvalue weighted by Gasteiger charge is 2.13. The first kappa shape index (κ1) is 13.8. The molecule has 1 nitrogen and oxygen atoms in total. The van der Waals surface area contributed by atoms with Crippen LogP contribution >= 0.6 is 0 Å². The summed E-state index contributed by atoms with van der Waals surface area (Å²) in [6, 6.07) is 15.9. The van der Waals surface area contributed by atoms with Gasteiger partial charge in [0, 0.05) is 0 Å². The number of benzene rings is 2. The van der Waals surface area contributed by atoms with Gasteiger partial charge in [0.2, 0.25) is 0 Å². The average Bonchev–Trinajstić information content (AvgIpc) is 2.36. The lowest BCUT2D eigenvalue weighted by Crippen LogP contribution is -2.22. The third-order valence-corrected chi connectivity index (χ3v) is 3.40. The van der Waals surface area contributed by atoms with Crippen LogP contribution in [-0.4, -0.2) is 6.54 Å². The van der Waals surface area contributed by atoms with Gasteiger partial charge in [-0.05, 0) is 38.4 Å². The van der Waals surface area contributed by atoms with Crippen molar-refractivity contribution in [3.05, 3.63) is 70.3 Å². The molecule has 0 aliphatic rings. The summed E-state index contributed by atoms with van der Waals surface area (Å²) in [5, 5.41) is 3.59. The number of rotatable bonds is 4. The number of hydrogen-bond donors (Lipinski definition) is 1. The Bertz CT molecular complexity index is 520. The van der Waals surface area contributed by atoms with Crippen molar-refractivity contribution in [3.63, 3.8) is 0 Å². The molecule has 1 N–H and O–H groups in total. The molecule has 1 unspecified atom stereocenters. The van der Waals surface area contributed by atoms with Crippen LogP contribution in [0, 0.1) is 20.8 Å². The zero-order valence-corrected chi connectivity index (χ0v) is 12.3. The van der Waals surface area contributed by atoms with Crippen molar-refractivity contribution in [2.45, 2.75) is 33.7 Å². The van der Waals surface area contributed by atoms with E-state index in [1.54, 1.807) is 0 Å². The van der Waals surface area contributed by atoms with Crippen LogP contribution in [0.2, 0.25) is 0 Å². The SMILES string of the molecule is CCNC(c1ccc(C)cc1)c1cc(C)cc(C)c1. The van der Waals surface area contributed by atoms with Crippen molar-refractivity contribution in [2.24, 2.45) is 0 Å². The molecule has 0 bridgehead atoms. The highest BCUT2D eigenvalue weighted by Crippen LogP contribution is 2.24. The van der Waals surface area contributed by atoms with Gasteiger partial charge in [-0.3, -0.25) is 0 Å². The zero-order valence-electron chi connectivity index (χ0n) is 12.3. The van der Waals surface area contributed by atoms with Gasteiger partial charge in [0.15, 0.2) is 0 Å². The van der Waals surface area contributed by atoms with Gasteiger partial charge in [-0.15, -0.1) is 0 Å². The molecule has 19 heavy (non-hydrogen) atoms. The van der Waals surface area contributed by atoms with Crippen molar-refractivity contribution in [1.82, 2.24) is 5.32 Å². The summed E-state index contributed by atoms with van der Waals surface area (Å²) < 4.78 is 0. The highest BCUT2D eigenvalue weighted by atomic mass is 14.9. The van der Waals surface area contributed by atoms with Gasteiger partial charge in [-0.25, -0.2) is 0 Å². The molecule has 0 fully saturated rings. The Kier molecular flexibility index (Phi) is 4.39. The molecule has 0 saturated carbocycles. The molecule has 2 aromatic rings. The molecule has 1 heteroatoms. The van der Waals surface area contributed by atoms with Crippen LogP contribution in [0.5, 0.6) is 0 Å². The molecule has 0 saturated heterocycles. The van der Waals surface area contributed by atoms with Gasteiger partial charge in [-0.1, -0.05) is 66.1 Å². The molecule has 0 aromatic heterocycles. The maximum Gasteiger partial charge on any atom is 0.0576 e. The second-order valence-electron chi connectivity index (χ2n) is 5.32. The zero-order chi connectivity index (χ0) is 13.8. The highest BCUT2D eigenvalue weighted by molar-refractivity contribution is 5.37. The average molecular weight is 253 g/mol. The molecule has 0 radical (unpaired) electrons. The van der Waals surface area contributed by atoms with Crippen molar-refractivity contribution in [3.8, 4) is 0 Å². The van der Waals surface area contributed by atoms with Crippen molar-refractivity contribution in [1.29, 1.82) is 0 Å². The third kappa shape index (κ3) is 3.45. The summed E-state index contributed by atoms with van der Waals surface area (Å²) >= 11 is 0. The van der Waals surface area contributed by atoms with E-state index in [1.807, 2.05) is 0 Å². The number of nitrogens with one attached hydrogen (secondary N) is 1. The lowest BCUT2D eigenvalue weighted by Gasteiger charge is -2.20. The van der Waals surface area contributed by atoms with E-state index in [0.29, 0.717) is 0 Å². The van der Waals surface area contributed by atoms with Crippen LogP contribution in [0.15, 0.2) is 42.5 Å². The summed E-state index contributed by atoms with van der Waals surface area (Å²) in [4.78, 5) is 0. The fraction of sp³-hybridized carbons (Fsp3) is 0.333. The first-order chi connectivity index (χ1) is 9.10. The molecular weight excluding hydrogens is 230 g/mol. The van der Waals surface area contributed by atoms with E-state index in [2.05, 4.69) is 75.5 Å². The van der Waals surface area contributed by atoms with E-state index < -0.39 is 0 Å². The fourth-order valence-corrected chi connectivity index (χ4v) is 2.57. The normalized spacial score (nSPS) is 12.4. The van der Waals surface area contributed by atoms with Gasteiger partial charge in [0.05, 0.1) is 6.04 Å². The smallest absolute Gasteiger partial charge is 0.0576 e. The molecule has 0 amide bonds. The van der Waals surface area contributed by atoms with E-state index >= 15 is 0 Å². The van der Waals surface area contributed by atoms with E-state index in [1.165, 1.54) is 27.8 Å². The van der Waals surface area contributed by atoms with Gasteiger partial charge in [0.1, 0.15) is 0 Å². The van der Waals surface area contributed by atoms with Crippen LogP contribution in [0.25, 0.3) is 0 Å². The number of aryl methyl sites for hydroxylation is 3. The Labute approximate surface area is 116 Å². The van der Waals surface area contributed by atoms with Crippen LogP contribution in [-0.2, 0) is 0 Å². The Hall–Kier alpha value is -1.60. The van der Waals surface area contributed by atoms with Crippen LogP contribution in [0.4, 0.5) is 0 Å². The number of hydrogen-bond acceptors (Lipinski definition) is 1. The second-order valence-corrected chi connectivity index (χ2v) is 5.32. The maximum atomic E-state index is 3.59. The van der Waals surface area contributed by atoms with Gasteiger partial charge in [-0.2, -0.15) is 0 Å².